The van der Waals surface area contributed by atoms with Crippen molar-refractivity contribution in [2.45, 2.75) is 38.7 Å². The fourth-order valence-corrected chi connectivity index (χ4v) is 5.03. The van der Waals surface area contributed by atoms with Gasteiger partial charge in [0.2, 0.25) is 0 Å². The summed E-state index contributed by atoms with van der Waals surface area (Å²) in [5, 5.41) is 10.9. The molecular weight excluding hydrogens is 398 g/mol. The Morgan fingerprint density at radius 3 is 2.03 bits per heavy atom. The lowest BCUT2D eigenvalue weighted by Gasteiger charge is -2.47. The van der Waals surface area contributed by atoms with Gasteiger partial charge in [-0.15, -0.1) is 0 Å². The van der Waals surface area contributed by atoms with Crippen molar-refractivity contribution in [2.75, 3.05) is 26.2 Å². The molecule has 4 nitrogen and oxygen atoms in total. The first-order valence-corrected chi connectivity index (χ1v) is 11.5. The largest absolute Gasteiger partial charge is 0.491 e. The zero-order valence-electron chi connectivity index (χ0n) is 19.1. The van der Waals surface area contributed by atoms with Crippen LogP contribution in [0.25, 0.3) is 11.1 Å². The van der Waals surface area contributed by atoms with Gasteiger partial charge in [-0.25, -0.2) is 0 Å². The molecule has 1 saturated heterocycles. The van der Waals surface area contributed by atoms with E-state index in [1.54, 1.807) is 0 Å². The average Bonchev–Trinajstić information content (AvgIpc) is 2.78. The van der Waals surface area contributed by atoms with E-state index in [9.17, 15) is 5.11 Å². The minimum absolute atomic E-state index is 0.168. The maximum atomic E-state index is 10.9. The number of ether oxygens (including phenoxy) is 2. The summed E-state index contributed by atoms with van der Waals surface area (Å²) in [5.41, 5.74) is 3.63. The molecule has 4 rings (SSSR count). The first-order chi connectivity index (χ1) is 15.5. The number of morpholine rings is 1. The molecule has 1 unspecified atom stereocenters. The Kier molecular flexibility index (Phi) is 7.26. The molecule has 4 heteroatoms. The summed E-state index contributed by atoms with van der Waals surface area (Å²) in [7, 11) is 0. The number of aliphatic hydroxyl groups is 1. The first kappa shape index (κ1) is 22.5. The number of rotatable bonds is 8. The van der Waals surface area contributed by atoms with Crippen LogP contribution in [-0.2, 0) is 11.3 Å². The zero-order chi connectivity index (χ0) is 22.4. The molecule has 0 saturated carbocycles. The third kappa shape index (κ3) is 5.98. The van der Waals surface area contributed by atoms with Gasteiger partial charge in [0.25, 0.3) is 0 Å². The monoisotopic (exact) mass is 432 g/mol. The minimum Gasteiger partial charge on any atom is -0.491 e. The van der Waals surface area contributed by atoms with Crippen molar-refractivity contribution >= 4 is 0 Å². The Bertz CT molecular complexity index is 949. The van der Waals surface area contributed by atoms with Crippen molar-refractivity contribution in [1.82, 2.24) is 0 Å². The highest BCUT2D eigenvalue weighted by Crippen LogP contribution is 2.25. The van der Waals surface area contributed by atoms with Crippen molar-refractivity contribution in [3.8, 4) is 16.9 Å². The number of nitrogens with zero attached hydrogens (tertiary/aromatic N) is 1. The van der Waals surface area contributed by atoms with Gasteiger partial charge in [-0.2, -0.15) is 0 Å². The van der Waals surface area contributed by atoms with Gasteiger partial charge < -0.3 is 19.1 Å². The first-order valence-electron chi connectivity index (χ1n) is 11.5. The van der Waals surface area contributed by atoms with Crippen LogP contribution < -0.4 is 4.74 Å². The van der Waals surface area contributed by atoms with E-state index in [1.165, 1.54) is 11.1 Å². The lowest BCUT2D eigenvalue weighted by atomic mass is 10.1. The molecule has 1 N–H and O–H groups in total. The van der Waals surface area contributed by atoms with Crippen LogP contribution in [-0.4, -0.2) is 54.1 Å². The standard InChI is InChI=1S/C28H34NO3/c1-22-17-29(18-23(2)32-22,19-24-9-5-3-6-10-24)20-27(30)21-31-28-15-13-26(14-16-28)25-11-7-4-8-12-25/h3-16,22-23,27,30H,17-21H2,1-2H3/q+1/t22-,23+,27-,29?/m1/s1. The van der Waals surface area contributed by atoms with Crippen molar-refractivity contribution in [2.24, 2.45) is 0 Å². The Balaban J connectivity index is 1.39. The van der Waals surface area contributed by atoms with Crippen LogP contribution in [0.15, 0.2) is 84.9 Å². The summed E-state index contributed by atoms with van der Waals surface area (Å²) >= 11 is 0. The summed E-state index contributed by atoms with van der Waals surface area (Å²) in [4.78, 5) is 0. The van der Waals surface area contributed by atoms with Crippen molar-refractivity contribution in [1.29, 1.82) is 0 Å². The van der Waals surface area contributed by atoms with Gasteiger partial charge in [0, 0.05) is 5.56 Å². The van der Waals surface area contributed by atoms with E-state index in [4.69, 9.17) is 9.47 Å². The predicted molar refractivity (Wildman–Crippen MR) is 128 cm³/mol. The van der Waals surface area contributed by atoms with Crippen LogP contribution >= 0.6 is 0 Å². The number of hydrogen-bond donors (Lipinski definition) is 1. The maximum Gasteiger partial charge on any atom is 0.137 e. The fourth-order valence-electron chi connectivity index (χ4n) is 5.03. The average molecular weight is 433 g/mol. The molecule has 1 aliphatic heterocycles. The second-order valence-corrected chi connectivity index (χ2v) is 9.15. The maximum absolute atomic E-state index is 10.9. The van der Waals surface area contributed by atoms with Gasteiger partial charge in [0.05, 0.1) is 0 Å². The molecule has 1 fully saturated rings. The van der Waals surface area contributed by atoms with E-state index in [2.05, 4.69) is 62.4 Å². The molecule has 4 atom stereocenters. The molecule has 3 aromatic carbocycles. The second kappa shape index (κ2) is 10.3. The molecule has 3 aromatic rings. The van der Waals surface area contributed by atoms with Gasteiger partial charge in [0.1, 0.15) is 56.8 Å². The van der Waals surface area contributed by atoms with Gasteiger partial charge in [-0.05, 0) is 37.1 Å². The van der Waals surface area contributed by atoms with Gasteiger partial charge in [0.15, 0.2) is 0 Å². The molecule has 1 aliphatic rings. The summed E-state index contributed by atoms with van der Waals surface area (Å²) in [6.07, 6.45) is -0.216. The number of benzene rings is 3. The molecular formula is C28H34NO3+. The normalized spacial score (nSPS) is 24.1. The van der Waals surface area contributed by atoms with E-state index < -0.39 is 6.10 Å². The highest BCUT2D eigenvalue weighted by atomic mass is 16.5. The van der Waals surface area contributed by atoms with E-state index in [-0.39, 0.29) is 18.8 Å². The molecule has 0 aliphatic carbocycles. The quantitative estimate of drug-likeness (QED) is 0.514. The van der Waals surface area contributed by atoms with E-state index in [0.717, 1.165) is 35.4 Å². The number of aliphatic hydroxyl groups excluding tert-OH is 1. The zero-order valence-corrected chi connectivity index (χ0v) is 19.1. The molecule has 0 radical (unpaired) electrons. The molecule has 0 spiro atoms. The van der Waals surface area contributed by atoms with Crippen LogP contribution in [0.5, 0.6) is 5.75 Å². The predicted octanol–water partition coefficient (Wildman–Crippen LogP) is 4.92. The SMILES string of the molecule is C[C@@H]1C[N+](Cc2ccccc2)(C[C@@H](O)COc2ccc(-c3ccccc3)cc2)C[C@H](C)O1. The van der Waals surface area contributed by atoms with Gasteiger partial charge >= 0.3 is 0 Å². The number of hydrogen-bond acceptors (Lipinski definition) is 3. The molecule has 0 aromatic heterocycles. The smallest absolute Gasteiger partial charge is 0.137 e. The van der Waals surface area contributed by atoms with Crippen molar-refractivity contribution < 1.29 is 19.1 Å². The second-order valence-electron chi connectivity index (χ2n) is 9.15. The van der Waals surface area contributed by atoms with E-state index >= 15 is 0 Å². The lowest BCUT2D eigenvalue weighted by Crippen LogP contribution is -2.62. The van der Waals surface area contributed by atoms with Gasteiger partial charge in [-0.1, -0.05) is 72.8 Å². The van der Waals surface area contributed by atoms with Crippen LogP contribution in [0.4, 0.5) is 0 Å². The lowest BCUT2D eigenvalue weighted by molar-refractivity contribution is -0.956. The van der Waals surface area contributed by atoms with Crippen molar-refractivity contribution in [3.63, 3.8) is 0 Å². The molecule has 168 valence electrons. The highest BCUT2D eigenvalue weighted by Gasteiger charge is 2.39. The van der Waals surface area contributed by atoms with Gasteiger partial charge in [-0.3, -0.25) is 0 Å². The fraction of sp³-hybridized carbons (Fsp3) is 0.357. The molecule has 0 amide bonds. The topological polar surface area (TPSA) is 38.7 Å². The Morgan fingerprint density at radius 1 is 0.844 bits per heavy atom. The Morgan fingerprint density at radius 2 is 1.41 bits per heavy atom. The summed E-state index contributed by atoms with van der Waals surface area (Å²) in [6.45, 7) is 7.86. The van der Waals surface area contributed by atoms with E-state index in [1.807, 2.05) is 36.4 Å². The van der Waals surface area contributed by atoms with Crippen molar-refractivity contribution in [3.05, 3.63) is 90.5 Å². The van der Waals surface area contributed by atoms with Crippen LogP contribution in [0, 0.1) is 0 Å². The Hall–Kier alpha value is -2.66. The third-order valence-corrected chi connectivity index (χ3v) is 6.12. The highest BCUT2D eigenvalue weighted by molar-refractivity contribution is 5.63. The molecule has 1 heterocycles. The van der Waals surface area contributed by atoms with E-state index in [0.29, 0.717) is 6.54 Å². The summed E-state index contributed by atoms with van der Waals surface area (Å²) in [5.74, 6) is 0.780. The third-order valence-electron chi connectivity index (χ3n) is 6.12. The Labute approximate surface area is 191 Å². The van der Waals surface area contributed by atoms with Crippen LogP contribution in [0.3, 0.4) is 0 Å². The number of quaternary nitrogens is 1. The summed E-state index contributed by atoms with van der Waals surface area (Å²) < 4.78 is 12.8. The van der Waals surface area contributed by atoms with Crippen LogP contribution in [0.2, 0.25) is 0 Å². The van der Waals surface area contributed by atoms with Crippen LogP contribution in [0.1, 0.15) is 19.4 Å². The molecule has 0 bridgehead atoms. The minimum atomic E-state index is -0.551. The molecule has 32 heavy (non-hydrogen) atoms. The summed E-state index contributed by atoms with van der Waals surface area (Å²) in [6, 6.07) is 28.9.